The summed E-state index contributed by atoms with van der Waals surface area (Å²) in [6, 6.07) is 7.25. The second-order valence-corrected chi connectivity index (χ2v) is 4.30. The van der Waals surface area contributed by atoms with Crippen LogP contribution in [0.2, 0.25) is 0 Å². The van der Waals surface area contributed by atoms with Crippen molar-refractivity contribution in [1.82, 2.24) is 0 Å². The van der Waals surface area contributed by atoms with E-state index >= 15 is 0 Å². The summed E-state index contributed by atoms with van der Waals surface area (Å²) in [6.07, 6.45) is 2.04. The number of hydrogen-bond acceptors (Lipinski definition) is 3. The molecule has 1 amide bonds. The fourth-order valence-electron chi connectivity index (χ4n) is 1.86. The van der Waals surface area contributed by atoms with Crippen LogP contribution in [0.4, 0.5) is 0 Å². The van der Waals surface area contributed by atoms with Crippen LogP contribution in [0, 0.1) is 0 Å². The molecule has 0 unspecified atom stereocenters. The molecule has 1 aromatic carbocycles. The lowest BCUT2D eigenvalue weighted by Crippen LogP contribution is -2.25. The van der Waals surface area contributed by atoms with Gasteiger partial charge in [-0.1, -0.05) is 18.7 Å². The molecule has 0 saturated carbocycles. The van der Waals surface area contributed by atoms with E-state index in [4.69, 9.17) is 15.2 Å². The minimum Gasteiger partial charge on any atom is -0.490 e. The number of amides is 1. The number of primary amides is 1. The van der Waals surface area contributed by atoms with E-state index in [0.717, 1.165) is 37.4 Å². The molecule has 4 heteroatoms. The molecule has 1 aliphatic heterocycles. The Morgan fingerprint density at radius 2 is 1.89 bits per heavy atom. The number of rotatable bonds is 4. The number of carbonyl (C=O) groups is 1. The minimum atomic E-state index is -0.506. The highest BCUT2D eigenvalue weighted by Gasteiger charge is 2.15. The van der Waals surface area contributed by atoms with E-state index in [2.05, 4.69) is 6.58 Å². The third kappa shape index (κ3) is 3.11. The Balaban J connectivity index is 1.98. The van der Waals surface area contributed by atoms with Crippen LogP contribution in [0.15, 0.2) is 30.8 Å². The quantitative estimate of drug-likeness (QED) is 0.824. The summed E-state index contributed by atoms with van der Waals surface area (Å²) < 4.78 is 11.1. The van der Waals surface area contributed by atoms with Gasteiger partial charge in [-0.3, -0.25) is 4.79 Å². The molecule has 1 aromatic rings. The van der Waals surface area contributed by atoms with Crippen LogP contribution in [0.1, 0.15) is 18.4 Å². The molecule has 0 atom stereocenters. The molecule has 96 valence electrons. The first-order valence-electron chi connectivity index (χ1n) is 6.00. The Morgan fingerprint density at radius 3 is 2.44 bits per heavy atom. The highest BCUT2D eigenvalue weighted by molar-refractivity contribution is 6.17. The topological polar surface area (TPSA) is 61.6 Å². The van der Waals surface area contributed by atoms with Gasteiger partial charge in [-0.25, -0.2) is 0 Å². The van der Waals surface area contributed by atoms with Gasteiger partial charge in [-0.2, -0.15) is 0 Å². The Labute approximate surface area is 106 Å². The summed E-state index contributed by atoms with van der Waals surface area (Å²) in [7, 11) is 0. The summed E-state index contributed by atoms with van der Waals surface area (Å²) in [5.41, 5.74) is 6.21. The first-order chi connectivity index (χ1) is 8.66. The molecule has 1 fully saturated rings. The van der Waals surface area contributed by atoms with E-state index in [-0.39, 0.29) is 6.10 Å². The average molecular weight is 247 g/mol. The number of ether oxygens (including phenoxy) is 2. The smallest absolute Gasteiger partial charge is 0.248 e. The molecule has 4 nitrogen and oxygen atoms in total. The highest BCUT2D eigenvalue weighted by Crippen LogP contribution is 2.20. The standard InChI is InChI=1S/C14H17NO3/c1-10(14(15)16)11-2-4-12(5-3-11)18-13-6-8-17-9-7-13/h2-5,13H,1,6-9H2,(H2,15,16). The third-order valence-corrected chi connectivity index (χ3v) is 2.97. The molecule has 0 bridgehead atoms. The maximum Gasteiger partial charge on any atom is 0.248 e. The third-order valence-electron chi connectivity index (χ3n) is 2.97. The SMILES string of the molecule is C=C(C(N)=O)c1ccc(OC2CCOCC2)cc1. The molecule has 0 spiro atoms. The van der Waals surface area contributed by atoms with E-state index in [1.165, 1.54) is 0 Å². The first kappa shape index (κ1) is 12.6. The first-order valence-corrected chi connectivity index (χ1v) is 6.00. The van der Waals surface area contributed by atoms with Crippen LogP contribution in [0.5, 0.6) is 5.75 Å². The predicted molar refractivity (Wildman–Crippen MR) is 69.1 cm³/mol. The normalized spacial score (nSPS) is 16.2. The zero-order valence-electron chi connectivity index (χ0n) is 10.2. The van der Waals surface area contributed by atoms with Crippen LogP contribution in [-0.4, -0.2) is 25.2 Å². The number of benzene rings is 1. The van der Waals surface area contributed by atoms with Gasteiger partial charge >= 0.3 is 0 Å². The molecular weight excluding hydrogens is 230 g/mol. The molecular formula is C14H17NO3. The maximum absolute atomic E-state index is 11.0. The van der Waals surface area contributed by atoms with Crippen LogP contribution < -0.4 is 10.5 Å². The minimum absolute atomic E-state index is 0.212. The van der Waals surface area contributed by atoms with Gasteiger partial charge in [0.25, 0.3) is 0 Å². The second-order valence-electron chi connectivity index (χ2n) is 4.30. The van der Waals surface area contributed by atoms with E-state index < -0.39 is 5.91 Å². The molecule has 18 heavy (non-hydrogen) atoms. The second kappa shape index (κ2) is 5.69. The van der Waals surface area contributed by atoms with Gasteiger partial charge in [0.05, 0.1) is 13.2 Å². The average Bonchev–Trinajstić information content (AvgIpc) is 2.40. The van der Waals surface area contributed by atoms with Gasteiger partial charge in [0, 0.05) is 18.4 Å². The van der Waals surface area contributed by atoms with Crippen molar-refractivity contribution in [3.63, 3.8) is 0 Å². The fourth-order valence-corrected chi connectivity index (χ4v) is 1.86. The molecule has 1 saturated heterocycles. The number of nitrogens with two attached hydrogens (primary N) is 1. The van der Waals surface area contributed by atoms with E-state index in [9.17, 15) is 4.79 Å². The lowest BCUT2D eigenvalue weighted by molar-refractivity contribution is -0.112. The zero-order valence-corrected chi connectivity index (χ0v) is 10.2. The van der Waals surface area contributed by atoms with Crippen LogP contribution in [0.3, 0.4) is 0 Å². The Bertz CT molecular complexity index is 433. The van der Waals surface area contributed by atoms with Gasteiger partial charge in [-0.05, 0) is 17.7 Å². The highest BCUT2D eigenvalue weighted by atomic mass is 16.5. The van der Waals surface area contributed by atoms with Crippen molar-refractivity contribution >= 4 is 11.5 Å². The summed E-state index contributed by atoms with van der Waals surface area (Å²) in [4.78, 5) is 11.0. The summed E-state index contributed by atoms with van der Waals surface area (Å²) in [5, 5.41) is 0. The van der Waals surface area contributed by atoms with E-state index in [0.29, 0.717) is 5.57 Å². The fraction of sp³-hybridized carbons (Fsp3) is 0.357. The molecule has 0 aromatic heterocycles. The Morgan fingerprint density at radius 1 is 1.28 bits per heavy atom. The van der Waals surface area contributed by atoms with Crippen molar-refractivity contribution in [3.05, 3.63) is 36.4 Å². The van der Waals surface area contributed by atoms with Crippen molar-refractivity contribution in [3.8, 4) is 5.75 Å². The Kier molecular flexibility index (Phi) is 3.99. The van der Waals surface area contributed by atoms with Gasteiger partial charge in [-0.15, -0.1) is 0 Å². The largest absolute Gasteiger partial charge is 0.490 e. The summed E-state index contributed by atoms with van der Waals surface area (Å²) >= 11 is 0. The monoisotopic (exact) mass is 247 g/mol. The van der Waals surface area contributed by atoms with Crippen molar-refractivity contribution in [2.24, 2.45) is 5.73 Å². The van der Waals surface area contributed by atoms with Crippen LogP contribution in [0.25, 0.3) is 5.57 Å². The maximum atomic E-state index is 11.0. The van der Waals surface area contributed by atoms with Gasteiger partial charge in [0.1, 0.15) is 11.9 Å². The lowest BCUT2D eigenvalue weighted by Gasteiger charge is -2.23. The van der Waals surface area contributed by atoms with Crippen molar-refractivity contribution in [2.45, 2.75) is 18.9 Å². The van der Waals surface area contributed by atoms with E-state index in [1.54, 1.807) is 12.1 Å². The van der Waals surface area contributed by atoms with Gasteiger partial charge in [0.15, 0.2) is 0 Å². The molecule has 1 heterocycles. The van der Waals surface area contributed by atoms with Gasteiger partial charge in [0.2, 0.25) is 5.91 Å². The molecule has 2 N–H and O–H groups in total. The molecule has 0 radical (unpaired) electrons. The predicted octanol–water partition coefficient (Wildman–Crippen LogP) is 1.74. The Hall–Kier alpha value is -1.81. The van der Waals surface area contributed by atoms with Crippen molar-refractivity contribution < 1.29 is 14.3 Å². The lowest BCUT2D eigenvalue weighted by atomic mass is 10.1. The number of hydrogen-bond donors (Lipinski definition) is 1. The zero-order chi connectivity index (χ0) is 13.0. The van der Waals surface area contributed by atoms with Crippen molar-refractivity contribution in [2.75, 3.05) is 13.2 Å². The molecule has 1 aliphatic rings. The molecule has 2 rings (SSSR count). The number of carbonyl (C=O) groups excluding carboxylic acids is 1. The van der Waals surface area contributed by atoms with Gasteiger partial charge < -0.3 is 15.2 Å². The van der Waals surface area contributed by atoms with E-state index in [1.807, 2.05) is 12.1 Å². The molecule has 0 aliphatic carbocycles. The summed E-state index contributed by atoms with van der Waals surface area (Å²) in [6.45, 7) is 5.14. The van der Waals surface area contributed by atoms with Crippen LogP contribution >= 0.6 is 0 Å². The van der Waals surface area contributed by atoms with Crippen LogP contribution in [-0.2, 0) is 9.53 Å². The summed E-state index contributed by atoms with van der Waals surface area (Å²) in [5.74, 6) is 0.288. The van der Waals surface area contributed by atoms with Crippen molar-refractivity contribution in [1.29, 1.82) is 0 Å².